The van der Waals surface area contributed by atoms with Crippen LogP contribution in [0, 0.1) is 5.92 Å². The smallest absolute Gasteiger partial charge is 0.311 e. The fraction of sp³-hybridized carbons (Fsp3) is 0.439. The zero-order chi connectivity index (χ0) is 34.6. The first-order chi connectivity index (χ1) is 23.8. The van der Waals surface area contributed by atoms with Crippen molar-refractivity contribution < 1.29 is 28.6 Å². The number of ether oxygens (including phenoxy) is 3. The first-order valence-electron chi connectivity index (χ1n) is 17.9. The van der Waals surface area contributed by atoms with Gasteiger partial charge in [0.25, 0.3) is 0 Å². The molecule has 1 aromatic heterocycles. The maximum absolute atomic E-state index is 14.1. The number of carbonyl (C=O) groups is 3. The van der Waals surface area contributed by atoms with Crippen LogP contribution in [0.15, 0.2) is 66.7 Å². The Bertz CT molecular complexity index is 1690. The number of likely N-dealkylation sites (tertiary alicyclic amines) is 1. The number of carbonyl (C=O) groups excluding carboxylic acids is 3. The highest BCUT2D eigenvalue weighted by atomic mass is 32.1. The predicted molar refractivity (Wildman–Crippen MR) is 197 cm³/mol. The Balaban J connectivity index is 1.27. The Morgan fingerprint density at radius 2 is 1.49 bits per heavy atom. The van der Waals surface area contributed by atoms with Crippen LogP contribution >= 0.6 is 11.3 Å². The van der Waals surface area contributed by atoms with E-state index in [-0.39, 0.29) is 11.8 Å². The minimum absolute atomic E-state index is 0.111. The van der Waals surface area contributed by atoms with E-state index in [1.807, 2.05) is 42.5 Å². The van der Waals surface area contributed by atoms with Gasteiger partial charge in [-0.05, 0) is 97.6 Å². The number of hydrogen-bond acceptors (Lipinski definition) is 8. The molecular weight excluding hydrogens is 635 g/mol. The Morgan fingerprint density at radius 3 is 2.16 bits per heavy atom. The molecule has 1 aliphatic heterocycles. The quantitative estimate of drug-likeness (QED) is 0.0447. The van der Waals surface area contributed by atoms with E-state index in [4.69, 9.17) is 14.2 Å². The second-order valence-corrected chi connectivity index (χ2v) is 14.2. The number of benzene rings is 3. The van der Waals surface area contributed by atoms with Crippen LogP contribution in [0.5, 0.6) is 17.2 Å². The second kappa shape index (κ2) is 18.1. The van der Waals surface area contributed by atoms with Gasteiger partial charge in [-0.1, -0.05) is 58.8 Å². The summed E-state index contributed by atoms with van der Waals surface area (Å²) < 4.78 is 17.8. The normalized spacial score (nSPS) is 14.6. The Morgan fingerprint density at radius 1 is 0.816 bits per heavy atom. The molecule has 2 heterocycles. The van der Waals surface area contributed by atoms with Crippen molar-refractivity contribution in [2.75, 3.05) is 26.2 Å². The number of rotatable bonds is 18. The van der Waals surface area contributed by atoms with Crippen molar-refractivity contribution in [1.82, 2.24) is 4.90 Å². The minimum Gasteiger partial charge on any atom is -0.492 e. The zero-order valence-electron chi connectivity index (χ0n) is 29.1. The Hall–Kier alpha value is -4.01. The number of hydrogen-bond donors (Lipinski definition) is 0. The molecule has 0 spiro atoms. The van der Waals surface area contributed by atoms with Crippen LogP contribution < -0.4 is 14.2 Å². The molecule has 0 saturated carbocycles. The van der Waals surface area contributed by atoms with Gasteiger partial charge in [0.2, 0.25) is 0 Å². The van der Waals surface area contributed by atoms with E-state index in [1.165, 1.54) is 56.8 Å². The molecule has 1 aliphatic rings. The highest BCUT2D eigenvalue weighted by molar-refractivity contribution is 7.22. The summed E-state index contributed by atoms with van der Waals surface area (Å²) in [5.74, 6) is 1.63. The number of nitrogens with zero attached hydrogens (tertiary/aromatic N) is 1. The van der Waals surface area contributed by atoms with Gasteiger partial charge in [0.15, 0.2) is 5.78 Å². The summed E-state index contributed by atoms with van der Waals surface area (Å²) in [7, 11) is 0. The zero-order valence-corrected chi connectivity index (χ0v) is 29.9. The molecule has 7 nitrogen and oxygen atoms in total. The minimum atomic E-state index is -0.405. The van der Waals surface area contributed by atoms with Gasteiger partial charge in [0, 0.05) is 52.5 Å². The first kappa shape index (κ1) is 36.3. The molecule has 1 fully saturated rings. The van der Waals surface area contributed by atoms with Crippen molar-refractivity contribution in [2.45, 2.75) is 85.0 Å². The van der Waals surface area contributed by atoms with Gasteiger partial charge in [-0.2, -0.15) is 0 Å². The van der Waals surface area contributed by atoms with E-state index in [0.717, 1.165) is 71.1 Å². The van der Waals surface area contributed by atoms with E-state index < -0.39 is 5.97 Å². The monoisotopic (exact) mass is 683 g/mol. The summed E-state index contributed by atoms with van der Waals surface area (Å²) in [6.07, 6.45) is 11.0. The lowest BCUT2D eigenvalue weighted by Crippen LogP contribution is -2.25. The van der Waals surface area contributed by atoms with Gasteiger partial charge < -0.3 is 14.2 Å². The maximum Gasteiger partial charge on any atom is 0.311 e. The van der Waals surface area contributed by atoms with Crippen LogP contribution in [-0.2, 0) is 9.59 Å². The topological polar surface area (TPSA) is 82.1 Å². The average Bonchev–Trinajstić information content (AvgIpc) is 3.68. The van der Waals surface area contributed by atoms with E-state index in [9.17, 15) is 14.4 Å². The lowest BCUT2D eigenvalue weighted by atomic mass is 9.97. The molecule has 0 N–H and O–H groups in total. The Kier molecular flexibility index (Phi) is 13.4. The van der Waals surface area contributed by atoms with Crippen molar-refractivity contribution in [3.8, 4) is 27.7 Å². The highest BCUT2D eigenvalue weighted by Gasteiger charge is 2.23. The van der Waals surface area contributed by atoms with Gasteiger partial charge in [-0.3, -0.25) is 19.3 Å². The van der Waals surface area contributed by atoms with Gasteiger partial charge in [0.1, 0.15) is 23.9 Å². The molecule has 1 saturated heterocycles. The van der Waals surface area contributed by atoms with Crippen LogP contribution in [0.3, 0.4) is 0 Å². The van der Waals surface area contributed by atoms with Crippen LogP contribution in [0.1, 0.15) is 101 Å². The molecular formula is C41H49NO6S. The summed E-state index contributed by atoms with van der Waals surface area (Å²) >= 11 is 1.46. The van der Waals surface area contributed by atoms with E-state index in [0.29, 0.717) is 35.7 Å². The molecule has 3 aromatic carbocycles. The molecule has 8 heteroatoms. The molecule has 0 radical (unpaired) electrons. The van der Waals surface area contributed by atoms with Gasteiger partial charge in [-0.25, -0.2) is 0 Å². The van der Waals surface area contributed by atoms with Crippen molar-refractivity contribution in [2.24, 2.45) is 5.92 Å². The van der Waals surface area contributed by atoms with Crippen LogP contribution in [0.2, 0.25) is 0 Å². The van der Waals surface area contributed by atoms with Crippen molar-refractivity contribution >= 4 is 39.1 Å². The van der Waals surface area contributed by atoms with Crippen molar-refractivity contribution in [3.63, 3.8) is 0 Å². The summed E-state index contributed by atoms with van der Waals surface area (Å²) in [6, 6.07) is 20.0. The van der Waals surface area contributed by atoms with Crippen molar-refractivity contribution in [3.05, 3.63) is 77.9 Å². The maximum atomic E-state index is 14.1. The van der Waals surface area contributed by atoms with E-state index in [2.05, 4.69) is 18.7 Å². The molecule has 1 atom stereocenters. The number of esters is 2. The molecule has 0 bridgehead atoms. The summed E-state index contributed by atoms with van der Waals surface area (Å²) in [6.45, 7) is 9.59. The molecule has 4 aromatic rings. The molecule has 1 unspecified atom stereocenters. The summed E-state index contributed by atoms with van der Waals surface area (Å²) in [5, 5.41) is 0.780. The number of ketones is 1. The van der Waals surface area contributed by atoms with Crippen molar-refractivity contribution in [1.29, 1.82) is 0 Å². The number of fused-ring (bicyclic) bond motifs is 1. The van der Waals surface area contributed by atoms with Crippen LogP contribution in [0.25, 0.3) is 20.5 Å². The third-order valence-corrected chi connectivity index (χ3v) is 10.2. The van der Waals surface area contributed by atoms with Crippen LogP contribution in [0.4, 0.5) is 0 Å². The number of unbranched alkanes of at least 4 members (excludes halogenated alkanes) is 7. The number of thiophene rings is 1. The van der Waals surface area contributed by atoms with E-state index in [1.54, 1.807) is 24.3 Å². The van der Waals surface area contributed by atoms with E-state index >= 15 is 0 Å². The van der Waals surface area contributed by atoms with Crippen LogP contribution in [-0.4, -0.2) is 48.9 Å². The summed E-state index contributed by atoms with van der Waals surface area (Å²) in [5.41, 5.74) is 1.96. The Labute approximate surface area is 294 Å². The van der Waals surface area contributed by atoms with Gasteiger partial charge >= 0.3 is 11.9 Å². The third kappa shape index (κ3) is 10.5. The molecule has 49 heavy (non-hydrogen) atoms. The van der Waals surface area contributed by atoms with Gasteiger partial charge in [-0.15, -0.1) is 11.3 Å². The average molecular weight is 684 g/mol. The standard InChI is InChI=1S/C41H49NO6S/c1-4-5-6-7-8-9-10-11-12-38(44)48-34-19-15-32(16-20-34)41-39(36-22-21-35(47-30(3)43)27-37(36)49-41)40(45)31-13-17-33(18-14-31)46-26-25-42-24-23-29(2)28-42/h13-22,27,29H,4-12,23-26,28H2,1-3H3. The lowest BCUT2D eigenvalue weighted by Gasteiger charge is -2.15. The molecule has 260 valence electrons. The second-order valence-electron chi connectivity index (χ2n) is 13.2. The summed E-state index contributed by atoms with van der Waals surface area (Å²) in [4.78, 5) is 41.5. The largest absolute Gasteiger partial charge is 0.492 e. The fourth-order valence-corrected chi connectivity index (χ4v) is 7.60. The predicted octanol–water partition coefficient (Wildman–Crippen LogP) is 9.88. The van der Waals surface area contributed by atoms with Gasteiger partial charge in [0.05, 0.1) is 0 Å². The third-order valence-electron chi connectivity index (χ3n) is 9.03. The molecule has 5 rings (SSSR count). The molecule has 0 amide bonds. The first-order valence-corrected chi connectivity index (χ1v) is 18.7. The SMILES string of the molecule is CCCCCCCCCCC(=O)Oc1ccc(-c2sc3cc(OC(C)=O)ccc3c2C(=O)c2ccc(OCCN3CCC(C)C3)cc2)cc1. The molecule has 0 aliphatic carbocycles. The highest BCUT2D eigenvalue weighted by Crippen LogP contribution is 2.42. The fourth-order valence-electron chi connectivity index (χ4n) is 6.36. The lowest BCUT2D eigenvalue weighted by molar-refractivity contribution is -0.134.